The first-order chi connectivity index (χ1) is 14.4. The molecule has 5 atom stereocenters. The van der Waals surface area contributed by atoms with E-state index in [1.807, 2.05) is 4.98 Å². The van der Waals surface area contributed by atoms with Crippen molar-refractivity contribution in [2.75, 3.05) is 6.61 Å². The van der Waals surface area contributed by atoms with Crippen LogP contribution in [0, 0.1) is 0 Å². The Hall–Kier alpha value is -3.09. The zero-order chi connectivity index (χ0) is 23.1. The lowest BCUT2D eigenvalue weighted by Gasteiger charge is -2.23. The minimum absolute atomic E-state index is 0.295. The van der Waals surface area contributed by atoms with Gasteiger partial charge in [-0.15, -0.1) is 0 Å². The van der Waals surface area contributed by atoms with E-state index in [9.17, 15) is 32.8 Å². The van der Waals surface area contributed by atoms with E-state index in [2.05, 4.69) is 0 Å². The molecule has 2 fully saturated rings. The topological polar surface area (TPSA) is 143 Å². The second kappa shape index (κ2) is 8.21. The molecular formula is C18H20F2N2O9. The van der Waals surface area contributed by atoms with Gasteiger partial charge in [0.1, 0.15) is 24.9 Å². The number of nitrogens with one attached hydrogen (secondary N) is 1. The fourth-order valence-corrected chi connectivity index (χ4v) is 3.40. The average molecular weight is 446 g/mol. The Labute approximate surface area is 173 Å². The minimum atomic E-state index is -3.11. The summed E-state index contributed by atoms with van der Waals surface area (Å²) in [4.78, 5) is 60.8. The molecule has 2 aliphatic rings. The number of carbonyl (C=O) groups excluding carboxylic acids is 3. The molecule has 0 radical (unpaired) electrons. The normalized spacial score (nSPS) is 28.6. The van der Waals surface area contributed by atoms with Crippen molar-refractivity contribution in [2.45, 2.75) is 63.6 Å². The second-order valence-corrected chi connectivity index (χ2v) is 7.28. The van der Waals surface area contributed by atoms with Gasteiger partial charge in [-0.25, -0.2) is 13.6 Å². The average Bonchev–Trinajstić information content (AvgIpc) is 3.14. The van der Waals surface area contributed by atoms with E-state index in [0.29, 0.717) is 4.57 Å². The van der Waals surface area contributed by atoms with Crippen LogP contribution in [0.15, 0.2) is 15.8 Å². The predicted octanol–water partition coefficient (Wildman–Crippen LogP) is -0.0169. The molecule has 1 aromatic rings. The monoisotopic (exact) mass is 446 g/mol. The molecule has 0 spiro atoms. The summed E-state index contributed by atoms with van der Waals surface area (Å²) in [6.07, 6.45) is -4.84. The Morgan fingerprint density at radius 2 is 1.71 bits per heavy atom. The molecule has 3 rings (SSSR count). The Morgan fingerprint density at radius 1 is 1.13 bits per heavy atom. The number of hydrogen-bond acceptors (Lipinski definition) is 9. The highest BCUT2D eigenvalue weighted by molar-refractivity contribution is 5.68. The number of alkyl halides is 2. The summed E-state index contributed by atoms with van der Waals surface area (Å²) in [6, 6.07) is -1.44. The predicted molar refractivity (Wildman–Crippen MR) is 95.3 cm³/mol. The van der Waals surface area contributed by atoms with E-state index in [1.54, 1.807) is 0 Å². The van der Waals surface area contributed by atoms with Crippen molar-refractivity contribution in [1.82, 2.24) is 9.55 Å². The van der Waals surface area contributed by atoms with Gasteiger partial charge in [-0.3, -0.25) is 28.7 Å². The molecule has 1 N–H and O–H groups in total. The van der Waals surface area contributed by atoms with Gasteiger partial charge in [0, 0.05) is 33.4 Å². The number of aromatic nitrogens is 2. The van der Waals surface area contributed by atoms with Gasteiger partial charge >= 0.3 is 23.6 Å². The van der Waals surface area contributed by atoms with E-state index >= 15 is 0 Å². The number of nitrogens with zero attached hydrogens (tertiary/aromatic N) is 1. The third-order valence-electron chi connectivity index (χ3n) is 4.80. The summed E-state index contributed by atoms with van der Waals surface area (Å²) in [6.45, 7) is 2.88. The summed E-state index contributed by atoms with van der Waals surface area (Å²) >= 11 is 0. The molecule has 2 heterocycles. The lowest BCUT2D eigenvalue weighted by atomic mass is 10.0. The van der Waals surface area contributed by atoms with Crippen molar-refractivity contribution in [3.8, 4) is 0 Å². The van der Waals surface area contributed by atoms with Gasteiger partial charge in [-0.05, 0) is 0 Å². The van der Waals surface area contributed by atoms with Gasteiger partial charge < -0.3 is 18.9 Å². The molecule has 0 amide bonds. The van der Waals surface area contributed by atoms with Crippen LogP contribution in [-0.4, -0.2) is 58.3 Å². The number of H-pyrrole nitrogens is 1. The molecule has 0 bridgehead atoms. The third-order valence-corrected chi connectivity index (χ3v) is 4.80. The number of carbonyl (C=O) groups is 3. The van der Waals surface area contributed by atoms with Crippen LogP contribution in [0.5, 0.6) is 0 Å². The van der Waals surface area contributed by atoms with E-state index in [0.717, 1.165) is 27.0 Å². The fourth-order valence-electron chi connectivity index (χ4n) is 3.40. The highest BCUT2D eigenvalue weighted by Gasteiger charge is 2.59. The van der Waals surface area contributed by atoms with Crippen molar-refractivity contribution in [3.63, 3.8) is 0 Å². The highest BCUT2D eigenvalue weighted by Crippen LogP contribution is 2.51. The summed E-state index contributed by atoms with van der Waals surface area (Å²) in [5.74, 6) is -5.35. The summed E-state index contributed by atoms with van der Waals surface area (Å²) < 4.78 is 48.6. The third kappa shape index (κ3) is 4.81. The lowest BCUT2D eigenvalue weighted by molar-refractivity contribution is -0.165. The van der Waals surface area contributed by atoms with Gasteiger partial charge in [0.25, 0.3) is 11.5 Å². The smallest absolute Gasteiger partial charge is 0.328 e. The quantitative estimate of drug-likeness (QED) is 0.471. The molecule has 11 nitrogen and oxygen atoms in total. The van der Waals surface area contributed by atoms with Gasteiger partial charge in [0.05, 0.1) is 5.56 Å². The molecule has 1 aliphatic heterocycles. The molecule has 13 heteroatoms. The van der Waals surface area contributed by atoms with Crippen LogP contribution in [0.2, 0.25) is 0 Å². The number of esters is 3. The summed E-state index contributed by atoms with van der Waals surface area (Å²) in [5.41, 5.74) is -2.29. The first-order valence-corrected chi connectivity index (χ1v) is 9.27. The maximum Gasteiger partial charge on any atom is 0.328 e. The molecular weight excluding hydrogens is 426 g/mol. The van der Waals surface area contributed by atoms with Crippen LogP contribution in [0.3, 0.4) is 0 Å². The number of rotatable bonds is 6. The number of ether oxygens (including phenoxy) is 4. The van der Waals surface area contributed by atoms with Crippen molar-refractivity contribution in [1.29, 1.82) is 0 Å². The standard InChI is InChI=1S/C18H20F2N2O9/c1-7(23)28-6-11-14(29-8(2)24)15(30-9(3)25)13(31-11)10-5-22(12-4-18(12,19)20)17(27)21-16(10)26/h5,11-15H,4,6H2,1-3H3,(H,21,26,27)/t11-,12?,13+,14?,15?/m1/s1. The van der Waals surface area contributed by atoms with Crippen LogP contribution >= 0.6 is 0 Å². The van der Waals surface area contributed by atoms with Crippen molar-refractivity contribution >= 4 is 17.9 Å². The number of aromatic amines is 1. The minimum Gasteiger partial charge on any atom is -0.463 e. The van der Waals surface area contributed by atoms with Crippen LogP contribution in [0.1, 0.15) is 44.9 Å². The zero-order valence-electron chi connectivity index (χ0n) is 16.8. The maximum absolute atomic E-state index is 13.5. The molecule has 31 heavy (non-hydrogen) atoms. The first-order valence-electron chi connectivity index (χ1n) is 9.27. The molecule has 0 aromatic carbocycles. The van der Waals surface area contributed by atoms with Crippen LogP contribution < -0.4 is 11.2 Å². The number of halogens is 2. The molecule has 170 valence electrons. The molecule has 1 saturated carbocycles. The van der Waals surface area contributed by atoms with Crippen LogP contribution in [0.4, 0.5) is 8.78 Å². The van der Waals surface area contributed by atoms with Gasteiger partial charge in [0.2, 0.25) is 0 Å². The Kier molecular flexibility index (Phi) is 5.98. The Morgan fingerprint density at radius 3 is 2.23 bits per heavy atom. The van der Waals surface area contributed by atoms with Crippen molar-refractivity contribution < 1.29 is 42.1 Å². The molecule has 3 unspecified atom stereocenters. The van der Waals surface area contributed by atoms with E-state index in [-0.39, 0.29) is 5.56 Å². The van der Waals surface area contributed by atoms with Gasteiger partial charge in [-0.1, -0.05) is 0 Å². The Balaban J connectivity index is 2.02. The van der Waals surface area contributed by atoms with Gasteiger partial charge in [-0.2, -0.15) is 0 Å². The fraction of sp³-hybridized carbons (Fsp3) is 0.611. The first kappa shape index (κ1) is 22.6. The molecule has 1 saturated heterocycles. The van der Waals surface area contributed by atoms with Crippen molar-refractivity contribution in [3.05, 3.63) is 32.6 Å². The SMILES string of the molecule is CC(=O)OC[C@H]1O[C@@H](c2cn(C3CC3(F)F)c(=O)[nH]c2=O)C(OC(C)=O)C1OC(C)=O. The number of hydrogen-bond donors (Lipinski definition) is 1. The summed E-state index contributed by atoms with van der Waals surface area (Å²) in [7, 11) is 0. The second-order valence-electron chi connectivity index (χ2n) is 7.28. The van der Waals surface area contributed by atoms with E-state index < -0.39 is 78.6 Å². The zero-order valence-corrected chi connectivity index (χ0v) is 16.8. The summed E-state index contributed by atoms with van der Waals surface area (Å²) in [5, 5.41) is 0. The van der Waals surface area contributed by atoms with Crippen LogP contribution in [-0.2, 0) is 33.3 Å². The highest BCUT2D eigenvalue weighted by atomic mass is 19.3. The van der Waals surface area contributed by atoms with Crippen molar-refractivity contribution in [2.24, 2.45) is 0 Å². The molecule has 1 aliphatic carbocycles. The van der Waals surface area contributed by atoms with E-state index in [1.165, 1.54) is 0 Å². The largest absolute Gasteiger partial charge is 0.463 e. The van der Waals surface area contributed by atoms with E-state index in [4.69, 9.17) is 18.9 Å². The van der Waals surface area contributed by atoms with Gasteiger partial charge in [0.15, 0.2) is 12.2 Å². The Bertz CT molecular complexity index is 1020. The molecule has 1 aromatic heterocycles. The lowest BCUT2D eigenvalue weighted by Crippen LogP contribution is -2.41. The maximum atomic E-state index is 13.5. The van der Waals surface area contributed by atoms with Crippen LogP contribution in [0.25, 0.3) is 0 Å².